The van der Waals surface area contributed by atoms with Crippen LogP contribution in [0.2, 0.25) is 0 Å². The van der Waals surface area contributed by atoms with Gasteiger partial charge in [-0.25, -0.2) is 4.79 Å². The molecule has 8 nitrogen and oxygen atoms in total. The predicted molar refractivity (Wildman–Crippen MR) is 102 cm³/mol. The molecule has 0 bridgehead atoms. The molecule has 1 aromatic carbocycles. The van der Waals surface area contributed by atoms with Crippen molar-refractivity contribution in [2.45, 2.75) is 45.8 Å². The largest absolute Gasteiger partial charge is 0.444 e. The molecule has 1 fully saturated rings. The fourth-order valence-corrected chi connectivity index (χ4v) is 2.98. The highest BCUT2D eigenvalue weighted by atomic mass is 16.6. The van der Waals surface area contributed by atoms with Gasteiger partial charge >= 0.3 is 6.09 Å². The molecule has 1 saturated heterocycles. The highest BCUT2D eigenvalue weighted by Gasteiger charge is 2.30. The second kappa shape index (κ2) is 8.41. The molecule has 1 aliphatic rings. The van der Waals surface area contributed by atoms with E-state index in [-0.39, 0.29) is 24.5 Å². The Morgan fingerprint density at radius 3 is 2.50 bits per heavy atom. The Labute approximate surface area is 164 Å². The summed E-state index contributed by atoms with van der Waals surface area (Å²) in [6.45, 7) is 6.71. The zero-order valence-electron chi connectivity index (χ0n) is 16.5. The third-order valence-electron chi connectivity index (χ3n) is 4.42. The van der Waals surface area contributed by atoms with E-state index in [1.807, 2.05) is 51.1 Å². The lowest BCUT2D eigenvalue weighted by atomic mass is 9.96. The number of amides is 2. The van der Waals surface area contributed by atoms with Gasteiger partial charge in [0.25, 0.3) is 0 Å². The lowest BCUT2D eigenvalue weighted by molar-refractivity contribution is -0.126. The van der Waals surface area contributed by atoms with Crippen LogP contribution in [0.5, 0.6) is 0 Å². The quantitative estimate of drug-likeness (QED) is 0.867. The van der Waals surface area contributed by atoms with Gasteiger partial charge in [-0.1, -0.05) is 18.2 Å². The Morgan fingerprint density at radius 2 is 1.86 bits per heavy atom. The van der Waals surface area contributed by atoms with E-state index >= 15 is 0 Å². The van der Waals surface area contributed by atoms with Crippen molar-refractivity contribution in [1.82, 2.24) is 20.4 Å². The smallest absolute Gasteiger partial charge is 0.410 e. The van der Waals surface area contributed by atoms with Crippen LogP contribution >= 0.6 is 0 Å². The summed E-state index contributed by atoms with van der Waals surface area (Å²) in [7, 11) is 0. The van der Waals surface area contributed by atoms with Crippen LogP contribution in [0.4, 0.5) is 4.79 Å². The monoisotopic (exact) mass is 386 g/mol. The van der Waals surface area contributed by atoms with E-state index in [1.165, 1.54) is 0 Å². The Hall–Kier alpha value is -2.90. The van der Waals surface area contributed by atoms with Crippen LogP contribution in [0.15, 0.2) is 34.7 Å². The van der Waals surface area contributed by atoms with Crippen molar-refractivity contribution in [2.24, 2.45) is 5.92 Å². The zero-order chi connectivity index (χ0) is 20.1. The van der Waals surface area contributed by atoms with Crippen LogP contribution in [0.3, 0.4) is 0 Å². The number of rotatable bonds is 4. The number of aromatic nitrogens is 2. The second-order valence-corrected chi connectivity index (χ2v) is 7.83. The molecule has 2 heterocycles. The number of carbonyl (C=O) groups excluding carboxylic acids is 2. The molecule has 8 heteroatoms. The molecule has 3 rings (SSSR count). The predicted octanol–water partition coefficient (Wildman–Crippen LogP) is 3.00. The molecule has 1 N–H and O–H groups in total. The number of ether oxygens (including phenoxy) is 1. The molecule has 0 unspecified atom stereocenters. The maximum atomic E-state index is 12.4. The van der Waals surface area contributed by atoms with Crippen molar-refractivity contribution in [3.8, 4) is 11.5 Å². The molecule has 1 aliphatic heterocycles. The number of hydrogen-bond donors (Lipinski definition) is 1. The first kappa shape index (κ1) is 19.9. The lowest BCUT2D eigenvalue weighted by Crippen LogP contribution is -2.44. The molecule has 2 amide bonds. The van der Waals surface area contributed by atoms with Gasteiger partial charge < -0.3 is 19.4 Å². The van der Waals surface area contributed by atoms with Crippen molar-refractivity contribution >= 4 is 12.0 Å². The summed E-state index contributed by atoms with van der Waals surface area (Å²) in [4.78, 5) is 26.2. The zero-order valence-corrected chi connectivity index (χ0v) is 16.5. The van der Waals surface area contributed by atoms with Gasteiger partial charge in [-0.15, -0.1) is 10.2 Å². The summed E-state index contributed by atoms with van der Waals surface area (Å²) >= 11 is 0. The Kier molecular flexibility index (Phi) is 5.96. The molecule has 0 saturated carbocycles. The van der Waals surface area contributed by atoms with Gasteiger partial charge in [0.15, 0.2) is 0 Å². The van der Waals surface area contributed by atoms with E-state index < -0.39 is 5.60 Å². The molecule has 2 aromatic rings. The van der Waals surface area contributed by atoms with Crippen molar-refractivity contribution < 1.29 is 18.7 Å². The number of likely N-dealkylation sites (tertiary alicyclic amines) is 1. The average molecular weight is 386 g/mol. The standard InChI is InChI=1S/C20H26N4O4/c1-20(2,3)28-19(26)24-11-9-14(10-12-24)17(25)21-13-16-22-23-18(27-16)15-7-5-4-6-8-15/h4-8,14H,9-13H2,1-3H3,(H,21,25). The van der Waals surface area contributed by atoms with E-state index in [0.717, 1.165) is 5.56 Å². The molecule has 0 radical (unpaired) electrons. The fraction of sp³-hybridized carbons (Fsp3) is 0.500. The third-order valence-corrected chi connectivity index (χ3v) is 4.42. The van der Waals surface area contributed by atoms with Crippen molar-refractivity contribution in [2.75, 3.05) is 13.1 Å². The maximum absolute atomic E-state index is 12.4. The van der Waals surface area contributed by atoms with Crippen LogP contribution in [0, 0.1) is 5.92 Å². The minimum Gasteiger partial charge on any atom is -0.444 e. The summed E-state index contributed by atoms with van der Waals surface area (Å²) in [6.07, 6.45) is 0.875. The van der Waals surface area contributed by atoms with Gasteiger partial charge in [-0.2, -0.15) is 0 Å². The molecular formula is C20H26N4O4. The normalized spacial score (nSPS) is 15.3. The highest BCUT2D eigenvalue weighted by Crippen LogP contribution is 2.20. The van der Waals surface area contributed by atoms with E-state index in [2.05, 4.69) is 15.5 Å². The minimum absolute atomic E-state index is 0.0664. The summed E-state index contributed by atoms with van der Waals surface area (Å²) in [5.41, 5.74) is 0.315. The molecule has 28 heavy (non-hydrogen) atoms. The lowest BCUT2D eigenvalue weighted by Gasteiger charge is -2.32. The van der Waals surface area contributed by atoms with E-state index in [0.29, 0.717) is 37.7 Å². The van der Waals surface area contributed by atoms with Gasteiger partial charge in [0.1, 0.15) is 5.60 Å². The third kappa shape index (κ3) is 5.31. The number of benzene rings is 1. The summed E-state index contributed by atoms with van der Waals surface area (Å²) in [5, 5.41) is 10.8. The first-order valence-electron chi connectivity index (χ1n) is 9.45. The molecule has 0 aliphatic carbocycles. The Bertz CT molecular complexity index is 805. The summed E-state index contributed by atoms with van der Waals surface area (Å²) < 4.78 is 11.0. The number of piperidine rings is 1. The SMILES string of the molecule is CC(C)(C)OC(=O)N1CCC(C(=O)NCc2nnc(-c3ccccc3)o2)CC1. The molecular weight excluding hydrogens is 360 g/mol. The van der Waals surface area contributed by atoms with Crippen LogP contribution in [0.1, 0.15) is 39.5 Å². The van der Waals surface area contributed by atoms with Crippen molar-refractivity contribution in [3.05, 3.63) is 36.2 Å². The van der Waals surface area contributed by atoms with E-state index in [1.54, 1.807) is 4.90 Å². The number of nitrogens with one attached hydrogen (secondary N) is 1. The molecule has 1 aromatic heterocycles. The van der Waals surface area contributed by atoms with E-state index in [9.17, 15) is 9.59 Å². The number of nitrogens with zero attached hydrogens (tertiary/aromatic N) is 3. The van der Waals surface area contributed by atoms with Crippen LogP contribution in [-0.2, 0) is 16.1 Å². The van der Waals surface area contributed by atoms with Crippen molar-refractivity contribution in [3.63, 3.8) is 0 Å². The molecule has 150 valence electrons. The average Bonchev–Trinajstić information content (AvgIpc) is 3.15. The fourth-order valence-electron chi connectivity index (χ4n) is 2.98. The maximum Gasteiger partial charge on any atom is 0.410 e. The van der Waals surface area contributed by atoms with Crippen LogP contribution in [0.25, 0.3) is 11.5 Å². The van der Waals surface area contributed by atoms with Crippen LogP contribution < -0.4 is 5.32 Å². The number of hydrogen-bond acceptors (Lipinski definition) is 6. The first-order valence-corrected chi connectivity index (χ1v) is 9.45. The number of carbonyl (C=O) groups is 2. The van der Waals surface area contributed by atoms with Crippen LogP contribution in [-0.4, -0.2) is 45.8 Å². The summed E-state index contributed by atoms with van der Waals surface area (Å²) in [6, 6.07) is 9.47. The molecule has 0 atom stereocenters. The minimum atomic E-state index is -0.520. The first-order chi connectivity index (χ1) is 13.3. The van der Waals surface area contributed by atoms with Gasteiger partial charge in [-0.3, -0.25) is 4.79 Å². The Morgan fingerprint density at radius 1 is 1.18 bits per heavy atom. The molecule has 0 spiro atoms. The second-order valence-electron chi connectivity index (χ2n) is 7.83. The summed E-state index contributed by atoms with van der Waals surface area (Å²) in [5.74, 6) is 0.576. The van der Waals surface area contributed by atoms with Gasteiger partial charge in [0.05, 0.1) is 6.54 Å². The van der Waals surface area contributed by atoms with Crippen molar-refractivity contribution in [1.29, 1.82) is 0 Å². The topological polar surface area (TPSA) is 97.6 Å². The Balaban J connectivity index is 1.45. The van der Waals surface area contributed by atoms with Gasteiger partial charge in [0, 0.05) is 24.6 Å². The van der Waals surface area contributed by atoms with E-state index in [4.69, 9.17) is 9.15 Å². The van der Waals surface area contributed by atoms with Gasteiger partial charge in [-0.05, 0) is 45.7 Å². The van der Waals surface area contributed by atoms with Gasteiger partial charge in [0.2, 0.25) is 17.7 Å². The highest BCUT2D eigenvalue weighted by molar-refractivity contribution is 5.79.